The van der Waals surface area contributed by atoms with E-state index in [1.807, 2.05) is 30.3 Å². The molecule has 2 aliphatic rings. The number of aliphatic hydroxyl groups is 1. The molecule has 3 aromatic rings. The van der Waals surface area contributed by atoms with Crippen molar-refractivity contribution < 1.29 is 13.5 Å². The Morgan fingerprint density at radius 1 is 0.912 bits per heavy atom. The van der Waals surface area contributed by atoms with E-state index in [4.69, 9.17) is 0 Å². The maximum Gasteiger partial charge on any atom is 0.218 e. The standard InChI is InChI=1S/C26H30N4O3S/c31-17-25-26(22-10-8-21(9-11-22)23-14-27-19-28-15-23)24-16-29(12-4-5-13-30(24)25)34(32,33)18-20-6-2-1-3-7-20/h1-3,6-11,14-15,19,24-26,31H,4-5,12-13,16-18H2/t24-,25+,26+/m1/s1. The van der Waals surface area contributed by atoms with Crippen molar-refractivity contribution in [3.63, 3.8) is 0 Å². The second-order valence-electron chi connectivity index (χ2n) is 9.14. The molecule has 34 heavy (non-hydrogen) atoms. The van der Waals surface area contributed by atoms with Gasteiger partial charge in [0.2, 0.25) is 10.0 Å². The smallest absolute Gasteiger partial charge is 0.218 e. The quantitative estimate of drug-likeness (QED) is 0.586. The van der Waals surface area contributed by atoms with Crippen LogP contribution in [0.3, 0.4) is 0 Å². The molecule has 2 fully saturated rings. The van der Waals surface area contributed by atoms with Gasteiger partial charge in [-0.3, -0.25) is 4.90 Å². The number of benzene rings is 2. The molecular formula is C26H30N4O3S. The molecule has 2 aromatic carbocycles. The molecule has 178 valence electrons. The Labute approximate surface area is 201 Å². The van der Waals surface area contributed by atoms with Crippen molar-refractivity contribution in [1.82, 2.24) is 19.2 Å². The SMILES string of the molecule is O=S(=O)(Cc1ccccc1)N1CCCCN2[C@H](C1)[C@H](c1ccc(-c3cncnc3)cc1)[C@@H]2CO. The van der Waals surface area contributed by atoms with Crippen LogP contribution in [0.2, 0.25) is 0 Å². The van der Waals surface area contributed by atoms with Crippen molar-refractivity contribution >= 4 is 10.0 Å². The minimum Gasteiger partial charge on any atom is -0.395 e. The van der Waals surface area contributed by atoms with Crippen molar-refractivity contribution in [1.29, 1.82) is 0 Å². The molecule has 3 atom stereocenters. The lowest BCUT2D eigenvalue weighted by atomic mass is 9.74. The third-order valence-corrected chi connectivity index (χ3v) is 8.92. The number of aliphatic hydroxyl groups excluding tert-OH is 1. The molecule has 2 saturated heterocycles. The van der Waals surface area contributed by atoms with Crippen LogP contribution in [0.15, 0.2) is 73.3 Å². The van der Waals surface area contributed by atoms with Crippen molar-refractivity contribution in [3.05, 3.63) is 84.4 Å². The van der Waals surface area contributed by atoms with Gasteiger partial charge in [-0.25, -0.2) is 22.7 Å². The van der Waals surface area contributed by atoms with Gasteiger partial charge in [0.05, 0.1) is 12.4 Å². The van der Waals surface area contributed by atoms with Crippen molar-refractivity contribution in [2.75, 3.05) is 26.2 Å². The van der Waals surface area contributed by atoms with Gasteiger partial charge in [-0.15, -0.1) is 0 Å². The summed E-state index contributed by atoms with van der Waals surface area (Å²) < 4.78 is 28.4. The molecule has 3 heterocycles. The number of aromatic nitrogens is 2. The van der Waals surface area contributed by atoms with Crippen molar-refractivity contribution in [2.45, 2.75) is 36.6 Å². The fourth-order valence-electron chi connectivity index (χ4n) is 5.38. The molecule has 0 amide bonds. The molecule has 0 unspecified atom stereocenters. The van der Waals surface area contributed by atoms with Crippen LogP contribution in [-0.2, 0) is 15.8 Å². The first kappa shape index (κ1) is 23.1. The Balaban J connectivity index is 1.38. The number of hydrogen-bond acceptors (Lipinski definition) is 6. The average Bonchev–Trinajstić information content (AvgIpc) is 2.84. The highest BCUT2D eigenvalue weighted by Gasteiger charge is 2.50. The number of nitrogens with zero attached hydrogens (tertiary/aromatic N) is 4. The predicted octanol–water partition coefficient (Wildman–Crippen LogP) is 2.90. The maximum atomic E-state index is 13.3. The summed E-state index contributed by atoms with van der Waals surface area (Å²) >= 11 is 0. The zero-order valence-corrected chi connectivity index (χ0v) is 19.9. The molecule has 5 rings (SSSR count). The lowest BCUT2D eigenvalue weighted by Gasteiger charge is -2.57. The van der Waals surface area contributed by atoms with Crippen LogP contribution in [0.25, 0.3) is 11.1 Å². The highest BCUT2D eigenvalue weighted by Crippen LogP contribution is 2.42. The zero-order valence-electron chi connectivity index (χ0n) is 19.1. The van der Waals surface area contributed by atoms with Gasteiger partial charge in [0.25, 0.3) is 0 Å². The van der Waals surface area contributed by atoms with E-state index in [0.717, 1.165) is 41.6 Å². The first-order chi connectivity index (χ1) is 16.6. The number of sulfonamides is 1. The van der Waals surface area contributed by atoms with Crippen LogP contribution in [0, 0.1) is 0 Å². The highest BCUT2D eigenvalue weighted by atomic mass is 32.2. The molecule has 2 aliphatic heterocycles. The van der Waals surface area contributed by atoms with Crippen LogP contribution >= 0.6 is 0 Å². The second-order valence-corrected chi connectivity index (χ2v) is 11.1. The fraction of sp³-hybridized carbons (Fsp3) is 0.385. The lowest BCUT2D eigenvalue weighted by Crippen LogP contribution is -2.67. The highest BCUT2D eigenvalue weighted by molar-refractivity contribution is 7.88. The van der Waals surface area contributed by atoms with Gasteiger partial charge in [-0.05, 0) is 36.1 Å². The van der Waals surface area contributed by atoms with Crippen LogP contribution < -0.4 is 0 Å². The molecule has 8 heteroatoms. The second kappa shape index (κ2) is 9.92. The van der Waals surface area contributed by atoms with Crippen molar-refractivity contribution in [2.24, 2.45) is 0 Å². The Morgan fingerprint density at radius 3 is 2.32 bits per heavy atom. The number of rotatable bonds is 6. The largest absolute Gasteiger partial charge is 0.395 e. The molecule has 0 saturated carbocycles. The summed E-state index contributed by atoms with van der Waals surface area (Å²) in [5.41, 5.74) is 3.92. The summed E-state index contributed by atoms with van der Waals surface area (Å²) in [4.78, 5) is 10.5. The monoisotopic (exact) mass is 478 g/mol. The lowest BCUT2D eigenvalue weighted by molar-refractivity contribution is -0.0554. The molecule has 0 radical (unpaired) electrons. The van der Waals surface area contributed by atoms with Crippen LogP contribution in [0.4, 0.5) is 0 Å². The summed E-state index contributed by atoms with van der Waals surface area (Å²) in [6.45, 7) is 1.94. The van der Waals surface area contributed by atoms with E-state index in [2.05, 4.69) is 39.1 Å². The Morgan fingerprint density at radius 2 is 1.62 bits per heavy atom. The minimum atomic E-state index is -3.44. The normalized spacial score (nSPS) is 24.0. The Bertz CT molecular complexity index is 1190. The third-order valence-electron chi connectivity index (χ3n) is 7.11. The molecule has 7 nitrogen and oxygen atoms in total. The first-order valence-electron chi connectivity index (χ1n) is 11.8. The molecule has 0 aliphatic carbocycles. The van der Waals surface area contributed by atoms with E-state index in [-0.39, 0.29) is 30.4 Å². The Kier molecular flexibility index (Phi) is 6.74. The van der Waals surface area contributed by atoms with Gasteiger partial charge in [-0.2, -0.15) is 0 Å². The molecule has 0 bridgehead atoms. The van der Waals surface area contributed by atoms with Crippen LogP contribution in [-0.4, -0.2) is 71.0 Å². The Hall–Kier alpha value is -2.65. The summed E-state index contributed by atoms with van der Waals surface area (Å²) in [5.74, 6) is 0.0984. The number of fused-ring (bicyclic) bond motifs is 1. The molecular weight excluding hydrogens is 448 g/mol. The summed E-state index contributed by atoms with van der Waals surface area (Å²) in [7, 11) is -3.44. The average molecular weight is 479 g/mol. The van der Waals surface area contributed by atoms with E-state index in [1.54, 1.807) is 16.7 Å². The van der Waals surface area contributed by atoms with Gasteiger partial charge < -0.3 is 5.11 Å². The van der Waals surface area contributed by atoms with Crippen LogP contribution in [0.1, 0.15) is 29.9 Å². The minimum absolute atomic E-state index is 0.00712. The van der Waals surface area contributed by atoms with Crippen LogP contribution in [0.5, 0.6) is 0 Å². The van der Waals surface area contributed by atoms with E-state index in [1.165, 1.54) is 6.33 Å². The van der Waals surface area contributed by atoms with Gasteiger partial charge in [0.15, 0.2) is 0 Å². The molecule has 1 aromatic heterocycles. The van der Waals surface area contributed by atoms with Gasteiger partial charge in [0, 0.05) is 49.0 Å². The third kappa shape index (κ3) is 4.63. The molecule has 1 N–H and O–H groups in total. The maximum absolute atomic E-state index is 13.3. The summed E-state index contributed by atoms with van der Waals surface area (Å²) in [6, 6.07) is 17.7. The van der Waals surface area contributed by atoms with Crippen molar-refractivity contribution in [3.8, 4) is 11.1 Å². The van der Waals surface area contributed by atoms with Gasteiger partial charge >= 0.3 is 0 Å². The van der Waals surface area contributed by atoms with E-state index < -0.39 is 10.0 Å². The van der Waals surface area contributed by atoms with Gasteiger partial charge in [-0.1, -0.05) is 54.6 Å². The topological polar surface area (TPSA) is 86.6 Å². The number of hydrogen-bond donors (Lipinski definition) is 1. The molecule has 0 spiro atoms. The fourth-order valence-corrected chi connectivity index (χ4v) is 6.97. The van der Waals surface area contributed by atoms with E-state index in [9.17, 15) is 13.5 Å². The van der Waals surface area contributed by atoms with E-state index in [0.29, 0.717) is 13.1 Å². The van der Waals surface area contributed by atoms with E-state index >= 15 is 0 Å². The predicted molar refractivity (Wildman–Crippen MR) is 131 cm³/mol. The summed E-state index contributed by atoms with van der Waals surface area (Å²) in [5, 5.41) is 10.2. The summed E-state index contributed by atoms with van der Waals surface area (Å²) in [6.07, 6.45) is 6.83. The van der Waals surface area contributed by atoms with Gasteiger partial charge in [0.1, 0.15) is 6.33 Å². The first-order valence-corrected chi connectivity index (χ1v) is 13.4. The zero-order chi connectivity index (χ0) is 23.5.